The van der Waals surface area contributed by atoms with Crippen LogP contribution >= 0.6 is 11.8 Å². The van der Waals surface area contributed by atoms with Crippen LogP contribution in [-0.2, 0) is 13.0 Å². The Kier molecular flexibility index (Phi) is 5.69. The van der Waals surface area contributed by atoms with Gasteiger partial charge in [0.05, 0.1) is 5.56 Å². The molecule has 4 rings (SSSR count). The number of benzene rings is 2. The van der Waals surface area contributed by atoms with Crippen molar-refractivity contribution < 1.29 is 9.90 Å². The Labute approximate surface area is 175 Å². The van der Waals surface area contributed by atoms with Gasteiger partial charge in [0.1, 0.15) is 0 Å². The molecular formula is C24H24N2O2S. The zero-order valence-corrected chi connectivity index (χ0v) is 17.4. The fraction of sp³-hybridized carbons (Fsp3) is 0.250. The summed E-state index contributed by atoms with van der Waals surface area (Å²) in [6, 6.07) is 17.2. The molecule has 0 unspecified atom stereocenters. The Morgan fingerprint density at radius 2 is 1.93 bits per heavy atom. The lowest BCUT2D eigenvalue weighted by Crippen LogP contribution is -2.17. The Morgan fingerprint density at radius 1 is 1.17 bits per heavy atom. The molecule has 0 saturated heterocycles. The van der Waals surface area contributed by atoms with Crippen LogP contribution < -0.4 is 0 Å². The number of nitrogens with zero attached hydrogens (tertiary/aromatic N) is 2. The standard InChI is InChI=1S/C24H24N2O2S/c1-16-3-6-19(7-4-16)29-20-8-9-21-18(13-20)15-26(2)23(21)10-5-17-14-25-12-11-22(17)24(27)28/h3-4,6-9,11-14,23H,5,10,15H2,1-2H3,(H,27,28)/t23-/m1/s1. The van der Waals surface area contributed by atoms with E-state index < -0.39 is 5.97 Å². The Morgan fingerprint density at radius 3 is 2.69 bits per heavy atom. The smallest absolute Gasteiger partial charge is 0.336 e. The van der Waals surface area contributed by atoms with E-state index in [9.17, 15) is 9.90 Å². The number of carboxylic acid groups (broad SMARTS) is 1. The van der Waals surface area contributed by atoms with Gasteiger partial charge >= 0.3 is 5.97 Å². The maximum Gasteiger partial charge on any atom is 0.336 e. The Bertz CT molecular complexity index is 1030. The summed E-state index contributed by atoms with van der Waals surface area (Å²) in [7, 11) is 2.14. The van der Waals surface area contributed by atoms with E-state index in [1.165, 1.54) is 32.7 Å². The van der Waals surface area contributed by atoms with Crippen LogP contribution in [-0.4, -0.2) is 28.0 Å². The molecule has 1 N–H and O–H groups in total. The van der Waals surface area contributed by atoms with Gasteiger partial charge in [0.2, 0.25) is 0 Å². The number of hydrogen-bond donors (Lipinski definition) is 1. The van der Waals surface area contributed by atoms with E-state index in [2.05, 4.69) is 66.3 Å². The van der Waals surface area contributed by atoms with E-state index in [-0.39, 0.29) is 0 Å². The molecule has 148 valence electrons. The van der Waals surface area contributed by atoms with Gasteiger partial charge in [-0.05, 0) is 73.8 Å². The number of aryl methyl sites for hydroxylation is 2. The molecule has 1 aliphatic heterocycles. The fourth-order valence-corrected chi connectivity index (χ4v) is 4.85. The van der Waals surface area contributed by atoms with Crippen LogP contribution in [0.3, 0.4) is 0 Å². The fourth-order valence-electron chi connectivity index (χ4n) is 3.97. The van der Waals surface area contributed by atoms with Gasteiger partial charge in [0, 0.05) is 34.8 Å². The van der Waals surface area contributed by atoms with Gasteiger partial charge in [-0.25, -0.2) is 4.79 Å². The summed E-state index contributed by atoms with van der Waals surface area (Å²) in [6.45, 7) is 3.02. The van der Waals surface area contributed by atoms with Crippen molar-refractivity contribution in [3.63, 3.8) is 0 Å². The van der Waals surface area contributed by atoms with E-state index in [4.69, 9.17) is 0 Å². The predicted molar refractivity (Wildman–Crippen MR) is 115 cm³/mol. The molecule has 3 aromatic rings. The average molecular weight is 405 g/mol. The molecule has 4 nitrogen and oxygen atoms in total. The van der Waals surface area contributed by atoms with Crippen molar-refractivity contribution in [2.75, 3.05) is 7.05 Å². The molecule has 29 heavy (non-hydrogen) atoms. The lowest BCUT2D eigenvalue weighted by molar-refractivity contribution is 0.0695. The maximum absolute atomic E-state index is 11.4. The van der Waals surface area contributed by atoms with Crippen LogP contribution in [0.1, 0.15) is 45.1 Å². The molecule has 0 aliphatic carbocycles. The van der Waals surface area contributed by atoms with Gasteiger partial charge in [-0.1, -0.05) is 35.5 Å². The lowest BCUT2D eigenvalue weighted by atomic mass is 9.97. The molecule has 1 aromatic heterocycles. The lowest BCUT2D eigenvalue weighted by Gasteiger charge is -2.20. The number of carboxylic acids is 1. The number of fused-ring (bicyclic) bond motifs is 1. The maximum atomic E-state index is 11.4. The molecular weight excluding hydrogens is 380 g/mol. The molecule has 1 atom stereocenters. The molecule has 0 amide bonds. The summed E-state index contributed by atoms with van der Waals surface area (Å²) in [6.07, 6.45) is 4.79. The molecule has 0 radical (unpaired) electrons. The van der Waals surface area contributed by atoms with Crippen molar-refractivity contribution in [3.8, 4) is 0 Å². The highest BCUT2D eigenvalue weighted by atomic mass is 32.2. The molecule has 0 saturated carbocycles. The third kappa shape index (κ3) is 4.36. The third-order valence-corrected chi connectivity index (χ3v) is 6.50. The number of carbonyl (C=O) groups is 1. The van der Waals surface area contributed by atoms with Crippen molar-refractivity contribution in [2.45, 2.75) is 42.1 Å². The van der Waals surface area contributed by atoms with Gasteiger partial charge in [-0.2, -0.15) is 0 Å². The Hall–Kier alpha value is -2.63. The van der Waals surface area contributed by atoms with Crippen LogP contribution in [0.25, 0.3) is 0 Å². The van der Waals surface area contributed by atoms with Crippen LogP contribution in [0.2, 0.25) is 0 Å². The van der Waals surface area contributed by atoms with Crippen molar-refractivity contribution >= 4 is 17.7 Å². The third-order valence-electron chi connectivity index (χ3n) is 5.50. The first kappa shape index (κ1) is 19.7. The highest BCUT2D eigenvalue weighted by Crippen LogP contribution is 2.39. The van der Waals surface area contributed by atoms with E-state index in [1.54, 1.807) is 24.0 Å². The molecule has 0 fully saturated rings. The number of hydrogen-bond acceptors (Lipinski definition) is 4. The topological polar surface area (TPSA) is 53.4 Å². The second-order valence-corrected chi connectivity index (χ2v) is 8.73. The van der Waals surface area contributed by atoms with Crippen molar-refractivity contribution in [1.29, 1.82) is 0 Å². The van der Waals surface area contributed by atoms with Crippen LogP contribution in [0.15, 0.2) is 70.7 Å². The average Bonchev–Trinajstić information content (AvgIpc) is 3.02. The van der Waals surface area contributed by atoms with Gasteiger partial charge in [0.25, 0.3) is 0 Å². The van der Waals surface area contributed by atoms with E-state index in [0.717, 1.165) is 18.5 Å². The van der Waals surface area contributed by atoms with E-state index >= 15 is 0 Å². The second kappa shape index (κ2) is 8.39. The first-order valence-corrected chi connectivity index (χ1v) is 10.6. The van der Waals surface area contributed by atoms with Crippen molar-refractivity contribution in [3.05, 3.63) is 88.7 Å². The summed E-state index contributed by atoms with van der Waals surface area (Å²) in [5.74, 6) is -0.889. The normalized spacial score (nSPS) is 16.0. The highest BCUT2D eigenvalue weighted by molar-refractivity contribution is 7.99. The number of rotatable bonds is 6. The summed E-state index contributed by atoms with van der Waals surface area (Å²) in [5, 5.41) is 9.39. The Balaban J connectivity index is 1.49. The van der Waals surface area contributed by atoms with Crippen LogP contribution in [0, 0.1) is 6.92 Å². The quantitative estimate of drug-likeness (QED) is 0.599. The zero-order valence-electron chi connectivity index (χ0n) is 16.6. The minimum absolute atomic E-state index is 0.297. The predicted octanol–water partition coefficient (Wildman–Crippen LogP) is 5.36. The van der Waals surface area contributed by atoms with Crippen molar-refractivity contribution in [1.82, 2.24) is 9.88 Å². The number of pyridine rings is 1. The monoisotopic (exact) mass is 404 g/mol. The molecule has 1 aliphatic rings. The van der Waals surface area contributed by atoms with Crippen LogP contribution in [0.4, 0.5) is 0 Å². The summed E-state index contributed by atoms with van der Waals surface area (Å²) in [5.41, 5.74) is 5.13. The highest BCUT2D eigenvalue weighted by Gasteiger charge is 2.27. The summed E-state index contributed by atoms with van der Waals surface area (Å²) >= 11 is 1.79. The number of aromatic nitrogens is 1. The molecule has 2 heterocycles. The number of aromatic carboxylic acids is 1. The van der Waals surface area contributed by atoms with Gasteiger partial charge in [0.15, 0.2) is 0 Å². The summed E-state index contributed by atoms with van der Waals surface area (Å²) < 4.78 is 0. The largest absolute Gasteiger partial charge is 0.478 e. The van der Waals surface area contributed by atoms with E-state index in [1.807, 2.05) is 0 Å². The molecule has 0 spiro atoms. The van der Waals surface area contributed by atoms with Gasteiger partial charge < -0.3 is 5.11 Å². The molecule has 0 bridgehead atoms. The minimum atomic E-state index is -0.889. The van der Waals surface area contributed by atoms with Gasteiger partial charge in [-0.15, -0.1) is 0 Å². The SMILES string of the molecule is Cc1ccc(Sc2ccc3c(c2)CN(C)[C@@H]3CCc2cnccc2C(=O)O)cc1. The molecule has 2 aromatic carbocycles. The first-order valence-electron chi connectivity index (χ1n) is 9.75. The van der Waals surface area contributed by atoms with Crippen LogP contribution in [0.5, 0.6) is 0 Å². The molecule has 5 heteroatoms. The zero-order chi connectivity index (χ0) is 20.4. The summed E-state index contributed by atoms with van der Waals surface area (Å²) in [4.78, 5) is 20.4. The first-order chi connectivity index (χ1) is 14.0. The van der Waals surface area contributed by atoms with E-state index in [0.29, 0.717) is 18.0 Å². The van der Waals surface area contributed by atoms with Gasteiger partial charge in [-0.3, -0.25) is 9.88 Å². The second-order valence-electron chi connectivity index (χ2n) is 7.58. The minimum Gasteiger partial charge on any atom is -0.478 e. The van der Waals surface area contributed by atoms with Crippen molar-refractivity contribution in [2.24, 2.45) is 0 Å².